The largest absolute Gasteiger partial charge is 0.497 e. The van der Waals surface area contributed by atoms with Crippen LogP contribution < -0.4 is 18.9 Å². The van der Waals surface area contributed by atoms with Gasteiger partial charge in [0.1, 0.15) is 24.1 Å². The molecule has 0 saturated heterocycles. The van der Waals surface area contributed by atoms with Crippen LogP contribution in [0.5, 0.6) is 23.0 Å². The number of methoxy groups -OCH3 is 4. The van der Waals surface area contributed by atoms with Crippen LogP contribution in [0.4, 0.5) is 0 Å². The predicted octanol–water partition coefficient (Wildman–Crippen LogP) is 3.03. The zero-order valence-electron chi connectivity index (χ0n) is 14.1. The number of benzene rings is 2. The van der Waals surface area contributed by atoms with Gasteiger partial charge in [-0.1, -0.05) is 0 Å². The third kappa shape index (κ3) is 5.31. The van der Waals surface area contributed by atoms with Gasteiger partial charge in [0.2, 0.25) is 0 Å². The quantitative estimate of drug-likeness (QED) is 0.757. The van der Waals surface area contributed by atoms with Crippen LogP contribution in [-0.4, -0.2) is 41.0 Å². The number of hydrogen-bond acceptors (Lipinski definition) is 6. The lowest BCUT2D eigenvalue weighted by atomic mass is 10.2. The molecule has 6 nitrogen and oxygen atoms in total. The Kier molecular flexibility index (Phi) is 7.84. The van der Waals surface area contributed by atoms with E-state index in [-0.39, 0.29) is 0 Å². The summed E-state index contributed by atoms with van der Waals surface area (Å²) in [6.45, 7) is 0. The fourth-order valence-electron chi connectivity index (χ4n) is 1.82. The van der Waals surface area contributed by atoms with Crippen LogP contribution in [0.3, 0.4) is 0 Å². The van der Waals surface area contributed by atoms with Crippen LogP contribution in [0.15, 0.2) is 36.4 Å². The average Bonchev–Trinajstić information content (AvgIpc) is 2.67. The van der Waals surface area contributed by atoms with Crippen molar-refractivity contribution < 1.29 is 28.5 Å². The van der Waals surface area contributed by atoms with E-state index in [0.717, 1.165) is 12.6 Å². The molecule has 0 bridgehead atoms. The summed E-state index contributed by atoms with van der Waals surface area (Å²) in [7, 11) is 6.18. The summed E-state index contributed by atoms with van der Waals surface area (Å²) >= 11 is 0. The first-order valence-electron chi connectivity index (χ1n) is 6.97. The maximum atomic E-state index is 10.4. The SMILES string of the molecule is COc1cc(C=O)cc(OC)c1.COc1ccc(C=O)cc1OC. The van der Waals surface area contributed by atoms with Crippen molar-refractivity contribution in [3.8, 4) is 23.0 Å². The Hall–Kier alpha value is -3.02. The maximum absolute atomic E-state index is 10.4. The number of hydrogen-bond donors (Lipinski definition) is 0. The molecule has 0 aliphatic rings. The topological polar surface area (TPSA) is 71.1 Å². The molecule has 0 aliphatic carbocycles. The summed E-state index contributed by atoms with van der Waals surface area (Å²) in [4.78, 5) is 20.8. The lowest BCUT2D eigenvalue weighted by Gasteiger charge is -2.06. The van der Waals surface area contributed by atoms with Gasteiger partial charge in [0.15, 0.2) is 11.5 Å². The molecule has 0 fully saturated rings. The minimum absolute atomic E-state index is 0.547. The monoisotopic (exact) mass is 332 g/mol. The van der Waals surface area contributed by atoms with Gasteiger partial charge >= 0.3 is 0 Å². The van der Waals surface area contributed by atoms with Gasteiger partial charge in [0, 0.05) is 17.2 Å². The molecule has 0 amide bonds. The van der Waals surface area contributed by atoms with Crippen molar-refractivity contribution in [2.75, 3.05) is 28.4 Å². The van der Waals surface area contributed by atoms with Crippen LogP contribution in [0.25, 0.3) is 0 Å². The van der Waals surface area contributed by atoms with Gasteiger partial charge in [-0.2, -0.15) is 0 Å². The van der Waals surface area contributed by atoms with Gasteiger partial charge in [-0.3, -0.25) is 9.59 Å². The van der Waals surface area contributed by atoms with E-state index in [1.165, 1.54) is 7.11 Å². The Morgan fingerprint density at radius 2 is 1.17 bits per heavy atom. The lowest BCUT2D eigenvalue weighted by molar-refractivity contribution is 0.111. The molecule has 0 heterocycles. The number of carbonyl (C=O) groups is 2. The first-order valence-corrected chi connectivity index (χ1v) is 6.97. The molecule has 0 saturated carbocycles. The van der Waals surface area contributed by atoms with E-state index in [1.54, 1.807) is 57.7 Å². The van der Waals surface area contributed by atoms with Gasteiger partial charge in [0.25, 0.3) is 0 Å². The molecule has 0 atom stereocenters. The molecule has 0 radical (unpaired) electrons. The molecule has 0 aromatic heterocycles. The molecule has 2 aromatic rings. The van der Waals surface area contributed by atoms with Crippen LogP contribution in [0.2, 0.25) is 0 Å². The van der Waals surface area contributed by atoms with E-state index in [1.807, 2.05) is 0 Å². The Labute approximate surface area is 140 Å². The summed E-state index contributed by atoms with van der Waals surface area (Å²) in [6, 6.07) is 10.0. The molecular weight excluding hydrogens is 312 g/mol. The van der Waals surface area contributed by atoms with Crippen molar-refractivity contribution >= 4 is 12.6 Å². The highest BCUT2D eigenvalue weighted by Gasteiger charge is 2.02. The molecule has 2 rings (SSSR count). The normalized spacial score (nSPS) is 9.17. The number of aldehydes is 2. The van der Waals surface area contributed by atoms with Gasteiger partial charge in [-0.15, -0.1) is 0 Å². The fourth-order valence-corrected chi connectivity index (χ4v) is 1.82. The Morgan fingerprint density at radius 3 is 1.58 bits per heavy atom. The summed E-state index contributed by atoms with van der Waals surface area (Å²) in [6.07, 6.45) is 1.52. The second-order valence-electron chi connectivity index (χ2n) is 4.50. The zero-order chi connectivity index (χ0) is 17.9. The average molecular weight is 332 g/mol. The van der Waals surface area contributed by atoms with Crippen LogP contribution >= 0.6 is 0 Å². The Bertz CT molecular complexity index is 659. The Morgan fingerprint density at radius 1 is 0.625 bits per heavy atom. The summed E-state index contributed by atoms with van der Waals surface area (Å²) in [5.74, 6) is 2.44. The van der Waals surface area contributed by atoms with Crippen LogP contribution in [0.1, 0.15) is 20.7 Å². The van der Waals surface area contributed by atoms with E-state index < -0.39 is 0 Å². The van der Waals surface area contributed by atoms with Crippen molar-refractivity contribution in [2.45, 2.75) is 0 Å². The maximum Gasteiger partial charge on any atom is 0.161 e. The molecule has 0 aliphatic heterocycles. The molecule has 0 N–H and O–H groups in total. The third-order valence-electron chi connectivity index (χ3n) is 3.05. The highest BCUT2D eigenvalue weighted by molar-refractivity contribution is 5.77. The van der Waals surface area contributed by atoms with Crippen molar-refractivity contribution in [1.82, 2.24) is 0 Å². The van der Waals surface area contributed by atoms with Crippen LogP contribution in [0, 0.1) is 0 Å². The second-order valence-corrected chi connectivity index (χ2v) is 4.50. The molecule has 128 valence electrons. The molecule has 24 heavy (non-hydrogen) atoms. The molecule has 2 aromatic carbocycles. The van der Waals surface area contributed by atoms with Gasteiger partial charge < -0.3 is 18.9 Å². The predicted molar refractivity (Wildman–Crippen MR) is 89.9 cm³/mol. The Balaban J connectivity index is 0.000000240. The fraction of sp³-hybridized carbons (Fsp3) is 0.222. The molecule has 0 unspecified atom stereocenters. The van der Waals surface area contributed by atoms with Gasteiger partial charge in [0.05, 0.1) is 28.4 Å². The van der Waals surface area contributed by atoms with Gasteiger partial charge in [-0.25, -0.2) is 0 Å². The second kappa shape index (κ2) is 9.89. The summed E-state index contributed by atoms with van der Waals surface area (Å²) in [5, 5.41) is 0. The highest BCUT2D eigenvalue weighted by atomic mass is 16.5. The number of rotatable bonds is 6. The van der Waals surface area contributed by atoms with E-state index >= 15 is 0 Å². The smallest absolute Gasteiger partial charge is 0.161 e. The minimum atomic E-state index is 0.547. The van der Waals surface area contributed by atoms with Crippen molar-refractivity contribution in [3.63, 3.8) is 0 Å². The highest BCUT2D eigenvalue weighted by Crippen LogP contribution is 2.26. The van der Waals surface area contributed by atoms with E-state index in [4.69, 9.17) is 18.9 Å². The van der Waals surface area contributed by atoms with Crippen molar-refractivity contribution in [2.24, 2.45) is 0 Å². The lowest BCUT2D eigenvalue weighted by Crippen LogP contribution is -1.91. The van der Waals surface area contributed by atoms with E-state index in [9.17, 15) is 9.59 Å². The van der Waals surface area contributed by atoms with E-state index in [2.05, 4.69) is 0 Å². The van der Waals surface area contributed by atoms with Crippen LogP contribution in [-0.2, 0) is 0 Å². The number of carbonyl (C=O) groups excluding carboxylic acids is 2. The van der Waals surface area contributed by atoms with Crippen molar-refractivity contribution in [3.05, 3.63) is 47.5 Å². The first-order chi connectivity index (χ1) is 11.6. The molecule has 0 spiro atoms. The van der Waals surface area contributed by atoms with Crippen molar-refractivity contribution in [1.29, 1.82) is 0 Å². The van der Waals surface area contributed by atoms with Gasteiger partial charge in [-0.05, 0) is 30.3 Å². The molecule has 6 heteroatoms. The summed E-state index contributed by atoms with van der Waals surface area (Å²) < 4.78 is 19.9. The third-order valence-corrected chi connectivity index (χ3v) is 3.05. The standard InChI is InChI=1S/2C9H10O3/c1-11-8-3-7(6-10)4-9(5-8)12-2;1-11-8-4-3-7(6-10)5-9(8)12-2/h2*3-6H,1-2H3. The van der Waals surface area contributed by atoms with E-state index in [0.29, 0.717) is 34.1 Å². The number of ether oxygens (including phenoxy) is 4. The molecular formula is C18H20O6. The zero-order valence-corrected chi connectivity index (χ0v) is 14.1. The summed E-state index contributed by atoms with van der Waals surface area (Å²) in [5.41, 5.74) is 1.12. The minimum Gasteiger partial charge on any atom is -0.497 e. The first kappa shape index (κ1) is 19.0.